The second-order valence-electron chi connectivity index (χ2n) is 5.03. The number of benzene rings is 1. The van der Waals surface area contributed by atoms with Crippen molar-refractivity contribution in [3.8, 4) is 0 Å². The second-order valence-corrected chi connectivity index (χ2v) is 5.03. The third-order valence-electron chi connectivity index (χ3n) is 3.64. The Morgan fingerprint density at radius 1 is 1.29 bits per heavy atom. The Kier molecular flexibility index (Phi) is 3.69. The van der Waals surface area contributed by atoms with Gasteiger partial charge in [0.1, 0.15) is 0 Å². The summed E-state index contributed by atoms with van der Waals surface area (Å²) in [5.41, 5.74) is 3.87. The normalized spacial score (nSPS) is 25.8. The Bertz CT molecular complexity index is 392. The van der Waals surface area contributed by atoms with E-state index < -0.39 is 0 Å². The lowest BCUT2D eigenvalue weighted by molar-refractivity contribution is 0.184. The highest BCUT2D eigenvalue weighted by Crippen LogP contribution is 2.25. The predicted octanol–water partition coefficient (Wildman–Crippen LogP) is 1.46. The highest BCUT2D eigenvalue weighted by molar-refractivity contribution is 5.57. The minimum absolute atomic E-state index is 0.292. The molecule has 0 radical (unpaired) electrons. The summed E-state index contributed by atoms with van der Waals surface area (Å²) in [5.74, 6) is 0. The average Bonchev–Trinajstić information content (AvgIpc) is 2.45. The number of nitrogens with zero attached hydrogens (tertiary/aromatic N) is 1. The largest absolute Gasteiger partial charge is 0.390 e. The summed E-state index contributed by atoms with van der Waals surface area (Å²) in [5, 5.41) is 13.2. The lowest BCUT2D eigenvalue weighted by Crippen LogP contribution is -2.39. The van der Waals surface area contributed by atoms with Crippen LogP contribution >= 0.6 is 0 Å². The molecule has 1 aromatic rings. The molecule has 1 aromatic carbocycles. The first-order valence-electron chi connectivity index (χ1n) is 6.31. The van der Waals surface area contributed by atoms with Gasteiger partial charge in [0, 0.05) is 31.4 Å². The van der Waals surface area contributed by atoms with Gasteiger partial charge in [0.05, 0.1) is 6.10 Å². The van der Waals surface area contributed by atoms with E-state index in [9.17, 15) is 5.11 Å². The molecular weight excluding hydrogens is 212 g/mol. The quantitative estimate of drug-likeness (QED) is 0.772. The maximum absolute atomic E-state index is 9.89. The number of anilines is 1. The van der Waals surface area contributed by atoms with Crippen LogP contribution in [0.4, 0.5) is 5.69 Å². The summed E-state index contributed by atoms with van der Waals surface area (Å²) in [7, 11) is 0. The average molecular weight is 234 g/mol. The van der Waals surface area contributed by atoms with Gasteiger partial charge in [0.2, 0.25) is 0 Å². The molecule has 0 saturated carbocycles. The highest BCUT2D eigenvalue weighted by atomic mass is 16.3. The Labute approximate surface area is 103 Å². The lowest BCUT2D eigenvalue weighted by Gasteiger charge is -2.31. The van der Waals surface area contributed by atoms with Crippen LogP contribution in [0.1, 0.15) is 18.1 Å². The Morgan fingerprint density at radius 2 is 2.06 bits per heavy atom. The smallest absolute Gasteiger partial charge is 0.0839 e. The Hall–Kier alpha value is -1.06. The molecule has 0 aromatic heterocycles. The van der Waals surface area contributed by atoms with Crippen LogP contribution in [0.15, 0.2) is 18.2 Å². The van der Waals surface area contributed by atoms with Crippen molar-refractivity contribution >= 4 is 5.69 Å². The van der Waals surface area contributed by atoms with E-state index in [2.05, 4.69) is 49.2 Å². The fourth-order valence-corrected chi connectivity index (χ4v) is 2.42. The third kappa shape index (κ3) is 2.61. The van der Waals surface area contributed by atoms with Gasteiger partial charge in [-0.15, -0.1) is 0 Å². The molecule has 0 bridgehead atoms. The number of aliphatic hydroxyl groups is 1. The van der Waals surface area contributed by atoms with Gasteiger partial charge in [-0.2, -0.15) is 0 Å². The molecule has 3 heteroatoms. The summed E-state index contributed by atoms with van der Waals surface area (Å²) in [4.78, 5) is 2.31. The van der Waals surface area contributed by atoms with Gasteiger partial charge in [-0.1, -0.05) is 12.1 Å². The standard InChI is InChI=1S/C14H22N2O/c1-10-5-4-6-14(12(10)3)16-9-13(17)8-15-7-11(16)2/h4-6,11,13,15,17H,7-9H2,1-3H3. The zero-order valence-corrected chi connectivity index (χ0v) is 10.9. The molecule has 2 unspecified atom stereocenters. The molecule has 2 atom stereocenters. The van der Waals surface area contributed by atoms with Crippen molar-refractivity contribution in [1.82, 2.24) is 5.32 Å². The van der Waals surface area contributed by atoms with Crippen LogP contribution in [0.2, 0.25) is 0 Å². The van der Waals surface area contributed by atoms with Gasteiger partial charge in [-0.3, -0.25) is 0 Å². The topological polar surface area (TPSA) is 35.5 Å². The lowest BCUT2D eigenvalue weighted by atomic mass is 10.1. The van der Waals surface area contributed by atoms with E-state index in [-0.39, 0.29) is 6.10 Å². The predicted molar refractivity (Wildman–Crippen MR) is 71.6 cm³/mol. The van der Waals surface area contributed by atoms with Crippen LogP contribution in [0.25, 0.3) is 0 Å². The molecule has 2 N–H and O–H groups in total. The van der Waals surface area contributed by atoms with Crippen LogP contribution in [-0.4, -0.2) is 36.9 Å². The molecule has 2 rings (SSSR count). The minimum Gasteiger partial charge on any atom is -0.390 e. The van der Waals surface area contributed by atoms with Crippen molar-refractivity contribution < 1.29 is 5.11 Å². The number of aliphatic hydroxyl groups excluding tert-OH is 1. The van der Waals surface area contributed by atoms with Crippen LogP contribution in [0.5, 0.6) is 0 Å². The first-order valence-corrected chi connectivity index (χ1v) is 6.31. The van der Waals surface area contributed by atoms with Gasteiger partial charge in [-0.05, 0) is 38.0 Å². The Morgan fingerprint density at radius 3 is 2.82 bits per heavy atom. The molecule has 1 aliphatic heterocycles. The summed E-state index contributed by atoms with van der Waals surface area (Å²) in [6.07, 6.45) is -0.292. The number of aryl methyl sites for hydroxylation is 1. The Balaban J connectivity index is 2.32. The summed E-state index contributed by atoms with van der Waals surface area (Å²) < 4.78 is 0. The van der Waals surface area contributed by atoms with Crippen molar-refractivity contribution in [3.63, 3.8) is 0 Å². The number of nitrogens with one attached hydrogen (secondary N) is 1. The summed E-state index contributed by atoms with van der Waals surface area (Å²) in [6.45, 7) is 8.81. The number of hydrogen-bond acceptors (Lipinski definition) is 3. The van der Waals surface area contributed by atoms with Crippen LogP contribution in [-0.2, 0) is 0 Å². The molecule has 0 spiro atoms. The third-order valence-corrected chi connectivity index (χ3v) is 3.64. The zero-order valence-electron chi connectivity index (χ0n) is 10.9. The van der Waals surface area contributed by atoms with Gasteiger partial charge in [0.15, 0.2) is 0 Å². The maximum atomic E-state index is 9.89. The van der Waals surface area contributed by atoms with E-state index in [1.165, 1.54) is 16.8 Å². The van der Waals surface area contributed by atoms with E-state index >= 15 is 0 Å². The van der Waals surface area contributed by atoms with Crippen molar-refractivity contribution in [2.24, 2.45) is 0 Å². The molecule has 3 nitrogen and oxygen atoms in total. The van der Waals surface area contributed by atoms with E-state index in [1.54, 1.807) is 0 Å². The molecule has 1 saturated heterocycles. The van der Waals surface area contributed by atoms with Crippen LogP contribution < -0.4 is 10.2 Å². The molecule has 17 heavy (non-hydrogen) atoms. The summed E-state index contributed by atoms with van der Waals surface area (Å²) >= 11 is 0. The summed E-state index contributed by atoms with van der Waals surface area (Å²) in [6, 6.07) is 6.79. The van der Waals surface area contributed by atoms with Gasteiger partial charge >= 0.3 is 0 Å². The van der Waals surface area contributed by atoms with E-state index in [0.29, 0.717) is 19.1 Å². The molecular formula is C14H22N2O. The maximum Gasteiger partial charge on any atom is 0.0839 e. The first-order chi connectivity index (χ1) is 8.09. The molecule has 0 aliphatic carbocycles. The van der Waals surface area contributed by atoms with Crippen LogP contribution in [0.3, 0.4) is 0 Å². The highest BCUT2D eigenvalue weighted by Gasteiger charge is 2.22. The van der Waals surface area contributed by atoms with E-state index in [0.717, 1.165) is 6.54 Å². The molecule has 0 amide bonds. The molecule has 1 heterocycles. The number of β-amino-alcohol motifs (C(OH)–C–C–N with tert-alkyl or cyclic N) is 1. The fourth-order valence-electron chi connectivity index (χ4n) is 2.42. The van der Waals surface area contributed by atoms with Gasteiger partial charge in [-0.25, -0.2) is 0 Å². The van der Waals surface area contributed by atoms with Crippen molar-refractivity contribution in [1.29, 1.82) is 0 Å². The number of hydrogen-bond donors (Lipinski definition) is 2. The second kappa shape index (κ2) is 5.07. The van der Waals surface area contributed by atoms with Gasteiger partial charge in [0.25, 0.3) is 0 Å². The fraction of sp³-hybridized carbons (Fsp3) is 0.571. The first kappa shape index (κ1) is 12.4. The SMILES string of the molecule is Cc1cccc(N2CC(O)CNCC2C)c1C. The van der Waals surface area contributed by atoms with E-state index in [1.807, 2.05) is 0 Å². The van der Waals surface area contributed by atoms with Crippen molar-refractivity contribution in [2.75, 3.05) is 24.5 Å². The zero-order chi connectivity index (χ0) is 12.4. The molecule has 94 valence electrons. The van der Waals surface area contributed by atoms with Crippen LogP contribution in [0, 0.1) is 13.8 Å². The minimum atomic E-state index is -0.292. The van der Waals surface area contributed by atoms with Gasteiger partial charge < -0.3 is 15.3 Å². The van der Waals surface area contributed by atoms with E-state index in [4.69, 9.17) is 0 Å². The van der Waals surface area contributed by atoms with Crippen molar-refractivity contribution in [2.45, 2.75) is 32.9 Å². The molecule has 1 aliphatic rings. The number of rotatable bonds is 1. The van der Waals surface area contributed by atoms with Crippen molar-refractivity contribution in [3.05, 3.63) is 29.3 Å². The monoisotopic (exact) mass is 234 g/mol. The molecule has 1 fully saturated rings.